The fourth-order valence-electron chi connectivity index (χ4n) is 2.57. The summed E-state index contributed by atoms with van der Waals surface area (Å²) in [7, 11) is 1.63. The largest absolute Gasteiger partial charge is 0.416 e. The molecule has 3 aromatic rings. The highest BCUT2D eigenvalue weighted by Crippen LogP contribution is 2.29. The minimum atomic E-state index is -4.33. The summed E-state index contributed by atoms with van der Waals surface area (Å²) in [5.41, 5.74) is 1.87. The second-order valence-electron chi connectivity index (χ2n) is 6.06. The quantitative estimate of drug-likeness (QED) is 0.518. The first-order chi connectivity index (χ1) is 13.5. The summed E-state index contributed by atoms with van der Waals surface area (Å²) >= 11 is 0. The molecule has 0 fully saturated rings. The van der Waals surface area contributed by atoms with Gasteiger partial charge in [-0.25, -0.2) is 4.68 Å². The van der Waals surface area contributed by atoms with Crippen molar-refractivity contribution in [1.29, 1.82) is 0 Å². The molecule has 0 aliphatic heterocycles. The van der Waals surface area contributed by atoms with Crippen molar-refractivity contribution in [3.63, 3.8) is 0 Å². The van der Waals surface area contributed by atoms with Crippen molar-refractivity contribution >= 4 is 5.96 Å². The topological polar surface area (TPSA) is 54.2 Å². The summed E-state index contributed by atoms with van der Waals surface area (Å²) in [5.74, 6) is 0.536. The molecule has 0 aliphatic carbocycles. The van der Waals surface area contributed by atoms with Gasteiger partial charge in [0.05, 0.1) is 23.5 Å². The molecule has 0 saturated heterocycles. The highest BCUT2D eigenvalue weighted by atomic mass is 19.4. The highest BCUT2D eigenvalue weighted by molar-refractivity contribution is 5.79. The summed E-state index contributed by atoms with van der Waals surface area (Å²) in [5, 5.41) is 10.7. The highest BCUT2D eigenvalue weighted by Gasteiger charge is 2.29. The molecule has 1 heterocycles. The Balaban J connectivity index is 1.52. The first kappa shape index (κ1) is 19.5. The summed E-state index contributed by atoms with van der Waals surface area (Å²) < 4.78 is 39.6. The molecule has 1 aromatic heterocycles. The van der Waals surface area contributed by atoms with Gasteiger partial charge in [-0.1, -0.05) is 30.3 Å². The summed E-state index contributed by atoms with van der Waals surface area (Å²) in [6, 6.07) is 16.7. The van der Waals surface area contributed by atoms with E-state index in [0.29, 0.717) is 19.0 Å². The Labute approximate surface area is 160 Å². The monoisotopic (exact) mass is 387 g/mol. The lowest BCUT2D eigenvalue weighted by atomic mass is 10.1. The number of aromatic nitrogens is 2. The number of hydrogen-bond acceptors (Lipinski definition) is 2. The van der Waals surface area contributed by atoms with Gasteiger partial charge in [0.2, 0.25) is 0 Å². The predicted octanol–water partition coefficient (Wildman–Crippen LogP) is 3.76. The molecule has 146 valence electrons. The van der Waals surface area contributed by atoms with Crippen LogP contribution < -0.4 is 10.6 Å². The normalized spacial score (nSPS) is 12.1. The van der Waals surface area contributed by atoms with Crippen molar-refractivity contribution in [2.75, 3.05) is 7.05 Å². The van der Waals surface area contributed by atoms with Crippen LogP contribution in [0.5, 0.6) is 0 Å². The molecular weight excluding hydrogens is 367 g/mol. The van der Waals surface area contributed by atoms with Crippen molar-refractivity contribution < 1.29 is 13.2 Å². The van der Waals surface area contributed by atoms with Crippen LogP contribution >= 0.6 is 0 Å². The van der Waals surface area contributed by atoms with Crippen LogP contribution in [-0.2, 0) is 19.3 Å². The molecule has 0 bridgehead atoms. The number of aliphatic imine (C=N–C) groups is 1. The zero-order chi connectivity index (χ0) is 20.0. The van der Waals surface area contributed by atoms with Crippen LogP contribution in [0.2, 0.25) is 0 Å². The second-order valence-corrected chi connectivity index (χ2v) is 6.06. The van der Waals surface area contributed by atoms with Gasteiger partial charge in [0.25, 0.3) is 0 Å². The standard InChI is InChI=1S/C20H20F3N5/c1-24-19(25-13-15-7-9-16(10-8-15)20(21,22)23)26-14-17-11-12-28(27-17)18-5-3-2-4-6-18/h2-12H,13-14H2,1H3,(H2,24,25,26). The molecule has 0 unspecified atom stereocenters. The fourth-order valence-corrected chi connectivity index (χ4v) is 2.57. The minimum absolute atomic E-state index is 0.357. The van der Waals surface area contributed by atoms with Gasteiger partial charge in [-0.3, -0.25) is 4.99 Å². The predicted molar refractivity (Wildman–Crippen MR) is 102 cm³/mol. The number of benzene rings is 2. The smallest absolute Gasteiger partial charge is 0.352 e. The molecule has 0 spiro atoms. The van der Waals surface area contributed by atoms with Crippen molar-refractivity contribution in [3.05, 3.63) is 83.7 Å². The molecule has 2 N–H and O–H groups in total. The third kappa shape index (κ3) is 5.12. The van der Waals surface area contributed by atoms with E-state index in [2.05, 4.69) is 20.7 Å². The van der Waals surface area contributed by atoms with E-state index in [1.807, 2.05) is 42.6 Å². The van der Waals surface area contributed by atoms with E-state index >= 15 is 0 Å². The van der Waals surface area contributed by atoms with Gasteiger partial charge in [-0.15, -0.1) is 0 Å². The van der Waals surface area contributed by atoms with Gasteiger partial charge in [0.15, 0.2) is 5.96 Å². The van der Waals surface area contributed by atoms with Crippen molar-refractivity contribution in [2.24, 2.45) is 4.99 Å². The molecule has 0 aliphatic rings. The van der Waals surface area contributed by atoms with E-state index < -0.39 is 11.7 Å². The zero-order valence-corrected chi connectivity index (χ0v) is 15.2. The molecule has 8 heteroatoms. The van der Waals surface area contributed by atoms with Crippen LogP contribution in [0.4, 0.5) is 13.2 Å². The lowest BCUT2D eigenvalue weighted by Crippen LogP contribution is -2.36. The molecule has 2 aromatic carbocycles. The first-order valence-corrected chi connectivity index (χ1v) is 8.66. The summed E-state index contributed by atoms with van der Waals surface area (Å²) in [4.78, 5) is 4.12. The van der Waals surface area contributed by atoms with Crippen LogP contribution in [0.1, 0.15) is 16.8 Å². The Kier molecular flexibility index (Phi) is 5.98. The molecule has 3 rings (SSSR count). The minimum Gasteiger partial charge on any atom is -0.352 e. The van der Waals surface area contributed by atoms with Gasteiger partial charge in [0, 0.05) is 19.8 Å². The van der Waals surface area contributed by atoms with E-state index in [-0.39, 0.29) is 0 Å². The number of halogens is 3. The number of guanidine groups is 1. The van der Waals surface area contributed by atoms with E-state index in [0.717, 1.165) is 29.1 Å². The zero-order valence-electron chi connectivity index (χ0n) is 15.2. The number of rotatable bonds is 5. The van der Waals surface area contributed by atoms with Gasteiger partial charge in [-0.05, 0) is 35.9 Å². The SMILES string of the molecule is CN=C(NCc1ccc(C(F)(F)F)cc1)NCc1ccn(-c2ccccc2)n1. The Bertz CT molecular complexity index is 915. The number of hydrogen-bond donors (Lipinski definition) is 2. The van der Waals surface area contributed by atoms with Crippen molar-refractivity contribution in [1.82, 2.24) is 20.4 Å². The lowest BCUT2D eigenvalue weighted by molar-refractivity contribution is -0.137. The van der Waals surface area contributed by atoms with E-state index in [1.165, 1.54) is 12.1 Å². The number of para-hydroxylation sites is 1. The maximum absolute atomic E-state index is 12.6. The first-order valence-electron chi connectivity index (χ1n) is 8.66. The molecule has 5 nitrogen and oxygen atoms in total. The van der Waals surface area contributed by atoms with Crippen LogP contribution in [0, 0.1) is 0 Å². The number of nitrogens with one attached hydrogen (secondary N) is 2. The van der Waals surface area contributed by atoms with Crippen molar-refractivity contribution in [3.8, 4) is 5.69 Å². The molecule has 0 amide bonds. The van der Waals surface area contributed by atoms with Gasteiger partial charge >= 0.3 is 6.18 Å². The summed E-state index contributed by atoms with van der Waals surface area (Å²) in [6.45, 7) is 0.822. The maximum atomic E-state index is 12.6. The fraction of sp³-hybridized carbons (Fsp3) is 0.200. The molecular formula is C20H20F3N5. The average Bonchev–Trinajstić information content (AvgIpc) is 3.17. The molecule has 0 atom stereocenters. The van der Waals surface area contributed by atoms with Gasteiger partial charge in [0.1, 0.15) is 0 Å². The third-order valence-corrected chi connectivity index (χ3v) is 4.07. The third-order valence-electron chi connectivity index (χ3n) is 4.07. The Morgan fingerprint density at radius 1 is 0.964 bits per heavy atom. The summed E-state index contributed by atoms with van der Waals surface area (Å²) in [6.07, 6.45) is -2.45. The Hall–Kier alpha value is -3.29. The average molecular weight is 387 g/mol. The van der Waals surface area contributed by atoms with Crippen LogP contribution in [0.15, 0.2) is 71.9 Å². The molecule has 0 radical (unpaired) electrons. The van der Waals surface area contributed by atoms with Crippen molar-refractivity contribution in [2.45, 2.75) is 19.3 Å². The van der Waals surface area contributed by atoms with Gasteiger partial charge < -0.3 is 10.6 Å². The number of nitrogens with zero attached hydrogens (tertiary/aromatic N) is 3. The second kappa shape index (κ2) is 8.60. The van der Waals surface area contributed by atoms with E-state index in [4.69, 9.17) is 0 Å². The molecule has 28 heavy (non-hydrogen) atoms. The Morgan fingerprint density at radius 2 is 1.64 bits per heavy atom. The van der Waals surface area contributed by atoms with E-state index in [9.17, 15) is 13.2 Å². The lowest BCUT2D eigenvalue weighted by Gasteiger charge is -2.12. The van der Waals surface area contributed by atoms with Crippen LogP contribution in [0.25, 0.3) is 5.69 Å². The van der Waals surface area contributed by atoms with Crippen LogP contribution in [0.3, 0.4) is 0 Å². The molecule has 0 saturated carbocycles. The van der Waals surface area contributed by atoms with E-state index in [1.54, 1.807) is 11.7 Å². The van der Waals surface area contributed by atoms with Crippen LogP contribution in [-0.4, -0.2) is 22.8 Å². The van der Waals surface area contributed by atoms with Gasteiger partial charge in [-0.2, -0.15) is 18.3 Å². The Morgan fingerprint density at radius 3 is 2.29 bits per heavy atom. The number of alkyl halides is 3. The maximum Gasteiger partial charge on any atom is 0.416 e.